The van der Waals surface area contributed by atoms with E-state index in [4.69, 9.17) is 4.74 Å². The van der Waals surface area contributed by atoms with Crippen molar-refractivity contribution in [1.82, 2.24) is 15.1 Å². The van der Waals surface area contributed by atoms with Gasteiger partial charge in [0.2, 0.25) is 0 Å². The van der Waals surface area contributed by atoms with E-state index >= 15 is 0 Å². The zero-order valence-corrected chi connectivity index (χ0v) is 15.5. The van der Waals surface area contributed by atoms with Crippen LogP contribution >= 0.6 is 28.3 Å². The Kier molecular flexibility index (Phi) is 6.96. The van der Waals surface area contributed by atoms with E-state index in [2.05, 4.69) is 43.2 Å². The Balaban J connectivity index is 0.00000176. The van der Waals surface area contributed by atoms with E-state index in [1.54, 1.807) is 7.11 Å². The highest BCUT2D eigenvalue weighted by molar-refractivity contribution is 9.10. The maximum Gasteiger partial charge on any atom is 0.137 e. The summed E-state index contributed by atoms with van der Waals surface area (Å²) in [5.41, 5.74) is 1.27. The third-order valence-corrected chi connectivity index (χ3v) is 5.19. The number of para-hydroxylation sites is 1. The van der Waals surface area contributed by atoms with Gasteiger partial charge in [-0.05, 0) is 28.4 Å². The molecule has 1 aromatic carbocycles. The molecular formula is C16H25BrClN3O. The molecule has 0 amide bonds. The number of halogens is 2. The number of hydrogen-bond acceptors (Lipinski definition) is 4. The van der Waals surface area contributed by atoms with Crippen molar-refractivity contribution in [2.24, 2.45) is 0 Å². The first-order valence-corrected chi connectivity index (χ1v) is 8.55. The lowest BCUT2D eigenvalue weighted by molar-refractivity contribution is 0.170. The van der Waals surface area contributed by atoms with Crippen LogP contribution in [0.5, 0.6) is 5.75 Å². The standard InChI is InChI=1S/C16H24BrN3O.ClH/c1-21-16-13(3-2-4-15(16)17)11-19-8-5-14(12-19)20-9-6-18-7-10-20;/h2-4,14,18H,5-12H2,1H3;1H. The van der Waals surface area contributed by atoms with Crippen molar-refractivity contribution in [1.29, 1.82) is 0 Å². The molecule has 2 heterocycles. The predicted octanol–water partition coefficient (Wildman–Crippen LogP) is 2.36. The smallest absolute Gasteiger partial charge is 0.137 e. The summed E-state index contributed by atoms with van der Waals surface area (Å²) in [6.45, 7) is 7.99. The maximum atomic E-state index is 5.54. The van der Waals surface area contributed by atoms with Gasteiger partial charge in [0.25, 0.3) is 0 Å². The molecule has 0 saturated carbocycles. The Morgan fingerprint density at radius 3 is 2.77 bits per heavy atom. The van der Waals surface area contributed by atoms with Gasteiger partial charge < -0.3 is 10.1 Å². The highest BCUT2D eigenvalue weighted by Gasteiger charge is 2.28. The van der Waals surface area contributed by atoms with Crippen LogP contribution in [0, 0.1) is 0 Å². The molecule has 0 spiro atoms. The second kappa shape index (κ2) is 8.50. The first-order chi connectivity index (χ1) is 10.3. The number of nitrogens with zero attached hydrogens (tertiary/aromatic N) is 2. The summed E-state index contributed by atoms with van der Waals surface area (Å²) < 4.78 is 6.58. The molecule has 6 heteroatoms. The van der Waals surface area contributed by atoms with Gasteiger partial charge >= 0.3 is 0 Å². The average Bonchev–Trinajstić information content (AvgIpc) is 2.97. The quantitative estimate of drug-likeness (QED) is 0.854. The molecular weight excluding hydrogens is 366 g/mol. The summed E-state index contributed by atoms with van der Waals surface area (Å²) in [7, 11) is 1.75. The van der Waals surface area contributed by atoms with Gasteiger partial charge in [-0.25, -0.2) is 0 Å². The second-order valence-corrected chi connectivity index (χ2v) is 6.75. The summed E-state index contributed by atoms with van der Waals surface area (Å²) in [5.74, 6) is 0.975. The van der Waals surface area contributed by atoms with Gasteiger partial charge in [0.1, 0.15) is 5.75 Å². The monoisotopic (exact) mass is 389 g/mol. The molecule has 22 heavy (non-hydrogen) atoms. The minimum absolute atomic E-state index is 0. The molecule has 1 N–H and O–H groups in total. The third kappa shape index (κ3) is 4.15. The maximum absolute atomic E-state index is 5.54. The van der Waals surface area contributed by atoms with E-state index < -0.39 is 0 Å². The highest BCUT2D eigenvalue weighted by Crippen LogP contribution is 2.30. The van der Waals surface area contributed by atoms with E-state index in [1.807, 2.05) is 6.07 Å². The number of hydrogen-bond donors (Lipinski definition) is 1. The summed E-state index contributed by atoms with van der Waals surface area (Å²) >= 11 is 3.57. The lowest BCUT2D eigenvalue weighted by atomic mass is 10.2. The fourth-order valence-electron chi connectivity index (χ4n) is 3.45. The SMILES string of the molecule is COc1c(Br)cccc1CN1CCC(N2CCNCC2)C1.Cl. The van der Waals surface area contributed by atoms with Crippen molar-refractivity contribution in [3.8, 4) is 5.75 Å². The zero-order chi connectivity index (χ0) is 14.7. The van der Waals surface area contributed by atoms with Gasteiger partial charge in [-0.15, -0.1) is 12.4 Å². The Morgan fingerprint density at radius 2 is 2.05 bits per heavy atom. The molecule has 124 valence electrons. The predicted molar refractivity (Wildman–Crippen MR) is 96.1 cm³/mol. The second-order valence-electron chi connectivity index (χ2n) is 5.90. The van der Waals surface area contributed by atoms with Crippen LogP contribution in [-0.2, 0) is 6.54 Å². The van der Waals surface area contributed by atoms with E-state index in [1.165, 1.54) is 38.2 Å². The molecule has 1 unspecified atom stereocenters. The van der Waals surface area contributed by atoms with Crippen molar-refractivity contribution in [2.75, 3.05) is 46.4 Å². The van der Waals surface area contributed by atoms with Crippen LogP contribution < -0.4 is 10.1 Å². The fraction of sp³-hybridized carbons (Fsp3) is 0.625. The molecule has 0 aliphatic carbocycles. The molecule has 0 aromatic heterocycles. The Labute approximate surface area is 147 Å². The van der Waals surface area contributed by atoms with Gasteiger partial charge in [-0.2, -0.15) is 0 Å². The number of methoxy groups -OCH3 is 1. The van der Waals surface area contributed by atoms with Crippen LogP contribution in [0.15, 0.2) is 22.7 Å². The minimum atomic E-state index is 0. The first-order valence-electron chi connectivity index (χ1n) is 7.76. The number of benzene rings is 1. The number of piperazine rings is 1. The first kappa shape index (κ1) is 18.0. The Morgan fingerprint density at radius 1 is 1.27 bits per heavy atom. The van der Waals surface area contributed by atoms with Gasteiger partial charge in [0.05, 0.1) is 11.6 Å². The molecule has 2 saturated heterocycles. The summed E-state index contributed by atoms with van der Waals surface area (Å²) in [4.78, 5) is 5.20. The highest BCUT2D eigenvalue weighted by atomic mass is 79.9. The van der Waals surface area contributed by atoms with E-state index in [-0.39, 0.29) is 12.4 Å². The van der Waals surface area contributed by atoms with Crippen LogP contribution in [0.1, 0.15) is 12.0 Å². The molecule has 4 nitrogen and oxygen atoms in total. The van der Waals surface area contributed by atoms with Gasteiger partial charge in [0, 0.05) is 57.4 Å². The summed E-state index contributed by atoms with van der Waals surface area (Å²) in [6, 6.07) is 7.02. The molecule has 2 aliphatic rings. The normalized spacial score (nSPS) is 23.3. The molecule has 0 bridgehead atoms. The number of ether oxygens (including phenoxy) is 1. The van der Waals surface area contributed by atoms with Crippen molar-refractivity contribution in [3.05, 3.63) is 28.2 Å². The van der Waals surface area contributed by atoms with Crippen LogP contribution in [-0.4, -0.2) is 62.2 Å². The van der Waals surface area contributed by atoms with Crippen molar-refractivity contribution >= 4 is 28.3 Å². The van der Waals surface area contributed by atoms with E-state index in [9.17, 15) is 0 Å². The molecule has 1 atom stereocenters. The largest absolute Gasteiger partial charge is 0.495 e. The lowest BCUT2D eigenvalue weighted by Gasteiger charge is -2.32. The Bertz CT molecular complexity index is 482. The lowest BCUT2D eigenvalue weighted by Crippen LogP contribution is -2.49. The number of nitrogens with one attached hydrogen (secondary N) is 1. The topological polar surface area (TPSA) is 27.7 Å². The summed E-state index contributed by atoms with van der Waals surface area (Å²) in [6.07, 6.45) is 1.29. The number of likely N-dealkylation sites (tertiary alicyclic amines) is 1. The van der Waals surface area contributed by atoms with Crippen molar-refractivity contribution in [3.63, 3.8) is 0 Å². The van der Waals surface area contributed by atoms with Gasteiger partial charge in [0.15, 0.2) is 0 Å². The average molecular weight is 391 g/mol. The minimum Gasteiger partial charge on any atom is -0.495 e. The summed E-state index contributed by atoms with van der Waals surface area (Å²) in [5, 5.41) is 3.43. The van der Waals surface area contributed by atoms with Crippen LogP contribution in [0.3, 0.4) is 0 Å². The Hall–Kier alpha value is -0.330. The van der Waals surface area contributed by atoms with Gasteiger partial charge in [-0.3, -0.25) is 9.80 Å². The third-order valence-electron chi connectivity index (χ3n) is 4.56. The van der Waals surface area contributed by atoms with Crippen molar-refractivity contribution in [2.45, 2.75) is 19.0 Å². The zero-order valence-electron chi connectivity index (χ0n) is 13.1. The van der Waals surface area contributed by atoms with Gasteiger partial charge in [-0.1, -0.05) is 12.1 Å². The molecule has 2 fully saturated rings. The molecule has 1 aromatic rings. The molecule has 0 radical (unpaired) electrons. The molecule has 2 aliphatic heterocycles. The van der Waals surface area contributed by atoms with Crippen LogP contribution in [0.4, 0.5) is 0 Å². The van der Waals surface area contributed by atoms with E-state index in [0.29, 0.717) is 0 Å². The van der Waals surface area contributed by atoms with Crippen LogP contribution in [0.25, 0.3) is 0 Å². The fourth-order valence-corrected chi connectivity index (χ4v) is 4.02. The molecule has 3 rings (SSSR count). The van der Waals surface area contributed by atoms with E-state index in [0.717, 1.165) is 35.9 Å². The van der Waals surface area contributed by atoms with Crippen LogP contribution in [0.2, 0.25) is 0 Å². The van der Waals surface area contributed by atoms with Crippen molar-refractivity contribution < 1.29 is 4.74 Å². The number of rotatable bonds is 4.